The molecule has 1 aliphatic carbocycles. The molecule has 0 aromatic rings. The number of rotatable bonds is 11. The smallest absolute Gasteiger partial charge is 0.344 e. The normalized spacial score (nSPS) is 17.1. The van der Waals surface area contributed by atoms with Crippen molar-refractivity contribution in [1.82, 2.24) is 10.6 Å². The number of halogens is 3. The molecule has 0 aromatic carbocycles. The Morgan fingerprint density at radius 3 is 2.57 bits per heavy atom. The maximum absolute atomic E-state index is 13.5. The van der Waals surface area contributed by atoms with Gasteiger partial charge in [0, 0.05) is 11.1 Å². The van der Waals surface area contributed by atoms with E-state index in [1.54, 1.807) is 32.1 Å². The number of carbonyl (C=O) groups excluding carboxylic acids is 2. The van der Waals surface area contributed by atoms with Crippen molar-refractivity contribution in [3.8, 4) is 0 Å². The largest absolute Gasteiger partial charge is 0.416 e. The Hall–Kier alpha value is -4.07. The molecular formula is C33H36F3N3O2S. The highest BCUT2D eigenvalue weighted by Crippen LogP contribution is 2.34. The van der Waals surface area contributed by atoms with Gasteiger partial charge in [0.1, 0.15) is 5.70 Å². The number of nitrogens with one attached hydrogen (secondary N) is 2. The molecule has 0 spiro atoms. The third-order valence-electron chi connectivity index (χ3n) is 5.85. The average Bonchev–Trinajstić information content (AvgIpc) is 2.91. The van der Waals surface area contributed by atoms with Crippen LogP contribution in [0.3, 0.4) is 0 Å². The number of alkyl halides is 3. The highest BCUT2D eigenvalue weighted by molar-refractivity contribution is 8.07. The first-order valence-electron chi connectivity index (χ1n) is 13.3. The Morgan fingerprint density at radius 1 is 1.17 bits per heavy atom. The number of nitrogens with zero attached hydrogens (tertiary/aromatic N) is 1. The molecule has 2 aliphatic rings. The quantitative estimate of drug-likeness (QED) is 0.110. The zero-order valence-corrected chi connectivity index (χ0v) is 25.1. The zero-order valence-electron chi connectivity index (χ0n) is 24.3. The lowest BCUT2D eigenvalue weighted by Crippen LogP contribution is -2.35. The monoisotopic (exact) mass is 595 g/mol. The molecule has 222 valence electrons. The Labute approximate surface area is 250 Å². The molecule has 9 heteroatoms. The van der Waals surface area contributed by atoms with Crippen LogP contribution in [-0.2, 0) is 9.59 Å². The van der Waals surface area contributed by atoms with E-state index in [0.717, 1.165) is 23.4 Å². The van der Waals surface area contributed by atoms with Crippen LogP contribution in [0.25, 0.3) is 0 Å². The summed E-state index contributed by atoms with van der Waals surface area (Å²) in [6.07, 6.45) is 14.7. The standard InChI is InChI=1S/C33H36F3N3O2S/c1-7-13-22(3)14-11-15-23(4)20-28(37-8-2)31(40)38-25(6)29-18-12-19-30(42-29)32(41)39-26-17-10-9-16-24(5)27(21-26)33(34,35)36/h7-8,10-11,13-14,16,18-21,25H,3-4,9,12,15H2,1-2,5-6H3,(H,38,40)(H,39,41)/b13-7-,14-11-,24-16?,27-21?,28-20-,37-8?/t17?,25-/m1/s1. The summed E-state index contributed by atoms with van der Waals surface area (Å²) in [5.41, 5.74) is 3.61. The topological polar surface area (TPSA) is 70.6 Å². The molecule has 0 aromatic heterocycles. The van der Waals surface area contributed by atoms with Crippen LogP contribution in [0, 0.1) is 0 Å². The summed E-state index contributed by atoms with van der Waals surface area (Å²) in [6, 6.07) is -0.461. The van der Waals surface area contributed by atoms with Crippen molar-refractivity contribution in [3.05, 3.63) is 123 Å². The molecule has 0 fully saturated rings. The van der Waals surface area contributed by atoms with Gasteiger partial charge >= 0.3 is 6.18 Å². The fourth-order valence-corrected chi connectivity index (χ4v) is 4.79. The molecule has 0 saturated heterocycles. The molecule has 1 aliphatic heterocycles. The van der Waals surface area contributed by atoms with Crippen molar-refractivity contribution in [2.24, 2.45) is 4.99 Å². The summed E-state index contributed by atoms with van der Waals surface area (Å²) in [4.78, 5) is 31.3. The van der Waals surface area contributed by atoms with Crippen LogP contribution in [0.5, 0.6) is 0 Å². The van der Waals surface area contributed by atoms with Crippen molar-refractivity contribution in [2.75, 3.05) is 0 Å². The van der Waals surface area contributed by atoms with Crippen LogP contribution in [0.4, 0.5) is 13.2 Å². The molecule has 1 heterocycles. The predicted molar refractivity (Wildman–Crippen MR) is 167 cm³/mol. The Morgan fingerprint density at radius 2 is 1.90 bits per heavy atom. The third-order valence-corrected chi connectivity index (χ3v) is 7.18. The second-order valence-corrected chi connectivity index (χ2v) is 10.5. The van der Waals surface area contributed by atoms with E-state index in [-0.39, 0.29) is 23.4 Å². The van der Waals surface area contributed by atoms with Crippen LogP contribution in [0.2, 0.25) is 0 Å². The van der Waals surface area contributed by atoms with Crippen LogP contribution in [0.15, 0.2) is 128 Å². The fourth-order valence-electron chi connectivity index (χ4n) is 3.80. The van der Waals surface area contributed by atoms with Gasteiger partial charge in [-0.15, -0.1) is 0 Å². The highest BCUT2D eigenvalue weighted by Gasteiger charge is 2.35. The van der Waals surface area contributed by atoms with Gasteiger partial charge in [-0.05, 0) is 81.9 Å². The number of thioether (sulfide) groups is 1. The van der Waals surface area contributed by atoms with E-state index in [1.807, 2.05) is 37.3 Å². The molecular weight excluding hydrogens is 559 g/mol. The molecule has 2 amide bonds. The van der Waals surface area contributed by atoms with Crippen molar-refractivity contribution < 1.29 is 22.8 Å². The first-order chi connectivity index (χ1) is 19.8. The minimum absolute atomic E-state index is 0.0733. The molecule has 2 rings (SSSR count). The molecule has 1 atom stereocenters. The molecule has 2 N–H and O–H groups in total. The second-order valence-electron chi connectivity index (χ2n) is 9.36. The molecule has 42 heavy (non-hydrogen) atoms. The number of amides is 2. The summed E-state index contributed by atoms with van der Waals surface area (Å²) in [6.45, 7) is 14.7. The van der Waals surface area contributed by atoms with Gasteiger partial charge in [-0.3, -0.25) is 14.6 Å². The number of carbonyl (C=O) groups is 2. The summed E-state index contributed by atoms with van der Waals surface area (Å²) in [5.74, 6) is -0.971. The maximum atomic E-state index is 13.5. The van der Waals surface area contributed by atoms with Crippen molar-refractivity contribution in [1.29, 1.82) is 0 Å². The van der Waals surface area contributed by atoms with Gasteiger partial charge in [0.15, 0.2) is 0 Å². The van der Waals surface area contributed by atoms with E-state index in [9.17, 15) is 22.8 Å². The van der Waals surface area contributed by atoms with E-state index < -0.39 is 29.6 Å². The lowest BCUT2D eigenvalue weighted by Gasteiger charge is -2.21. The SMILES string of the molecule is C=C(/C=C\C)/C=C\CC(=C)/C=C(\N=CC)C(=O)N[C@H](C)C1=CCC=C(C(=O)NC2=C=CCC=C(C)C(C(F)(F)F)=C2)S1. The first-order valence-corrected chi connectivity index (χ1v) is 14.1. The van der Waals surface area contributed by atoms with Gasteiger partial charge in [-0.2, -0.15) is 13.2 Å². The number of hydrogen-bond acceptors (Lipinski definition) is 4. The van der Waals surface area contributed by atoms with E-state index in [0.29, 0.717) is 28.2 Å². The van der Waals surface area contributed by atoms with E-state index in [4.69, 9.17) is 0 Å². The average molecular weight is 596 g/mol. The van der Waals surface area contributed by atoms with E-state index in [1.165, 1.54) is 19.2 Å². The number of allylic oxidation sites excluding steroid dienone is 13. The summed E-state index contributed by atoms with van der Waals surface area (Å²) in [7, 11) is 0. The summed E-state index contributed by atoms with van der Waals surface area (Å²) in [5, 5.41) is 5.44. The lowest BCUT2D eigenvalue weighted by atomic mass is 10.0. The van der Waals surface area contributed by atoms with Gasteiger partial charge in [-0.25, -0.2) is 0 Å². The predicted octanol–water partition coefficient (Wildman–Crippen LogP) is 8.00. The highest BCUT2D eigenvalue weighted by atomic mass is 32.2. The van der Waals surface area contributed by atoms with E-state index in [2.05, 4.69) is 34.5 Å². The van der Waals surface area contributed by atoms with Crippen LogP contribution < -0.4 is 10.6 Å². The molecule has 0 radical (unpaired) electrons. The second kappa shape index (κ2) is 16.4. The molecule has 0 saturated carbocycles. The summed E-state index contributed by atoms with van der Waals surface area (Å²) >= 11 is 1.14. The van der Waals surface area contributed by atoms with Crippen LogP contribution in [0.1, 0.15) is 47.0 Å². The van der Waals surface area contributed by atoms with Gasteiger partial charge in [0.05, 0.1) is 22.2 Å². The first kappa shape index (κ1) is 34.1. The number of hydrogen-bond donors (Lipinski definition) is 2. The van der Waals surface area contributed by atoms with Gasteiger partial charge in [-0.1, -0.05) is 73.2 Å². The van der Waals surface area contributed by atoms with Crippen molar-refractivity contribution in [3.63, 3.8) is 0 Å². The molecule has 5 nitrogen and oxygen atoms in total. The van der Waals surface area contributed by atoms with Gasteiger partial charge < -0.3 is 10.6 Å². The number of aliphatic imine (C=N–C) groups is 1. The third kappa shape index (κ3) is 11.1. The maximum Gasteiger partial charge on any atom is 0.416 e. The molecule has 0 bridgehead atoms. The molecule has 0 unspecified atom stereocenters. The fraction of sp³-hybridized carbons (Fsp3) is 0.273. The summed E-state index contributed by atoms with van der Waals surface area (Å²) < 4.78 is 40.6. The minimum Gasteiger partial charge on any atom is -0.344 e. The van der Waals surface area contributed by atoms with Crippen molar-refractivity contribution in [2.45, 2.75) is 59.2 Å². The Balaban J connectivity index is 2.08. The lowest BCUT2D eigenvalue weighted by molar-refractivity contribution is -0.118. The zero-order chi connectivity index (χ0) is 31.3. The Bertz CT molecular complexity index is 1410. The van der Waals surface area contributed by atoms with Gasteiger partial charge in [0.25, 0.3) is 11.8 Å². The van der Waals surface area contributed by atoms with Crippen molar-refractivity contribution >= 4 is 29.8 Å². The van der Waals surface area contributed by atoms with Crippen LogP contribution in [-0.4, -0.2) is 30.2 Å². The minimum atomic E-state index is -4.57. The van der Waals surface area contributed by atoms with E-state index >= 15 is 0 Å². The van der Waals surface area contributed by atoms with Crippen LogP contribution >= 0.6 is 11.8 Å². The van der Waals surface area contributed by atoms with Gasteiger partial charge in [0.2, 0.25) is 0 Å². The Kier molecular flexibility index (Phi) is 13.3.